The molecular formula is C20H26BrNO3. The summed E-state index contributed by atoms with van der Waals surface area (Å²) in [6, 6.07) is 10.1. The molecule has 0 atom stereocenters. The van der Waals surface area contributed by atoms with E-state index in [1.807, 2.05) is 39.0 Å². The second-order valence-corrected chi connectivity index (χ2v) is 6.97. The van der Waals surface area contributed by atoms with E-state index in [9.17, 15) is 0 Å². The number of ether oxygens (including phenoxy) is 3. The van der Waals surface area contributed by atoms with Gasteiger partial charge in [0.15, 0.2) is 0 Å². The van der Waals surface area contributed by atoms with Gasteiger partial charge in [0.05, 0.1) is 20.3 Å². The molecule has 0 aliphatic rings. The molecule has 0 saturated carbocycles. The third-order valence-corrected chi connectivity index (χ3v) is 4.59. The summed E-state index contributed by atoms with van der Waals surface area (Å²) >= 11 is 3.65. The van der Waals surface area contributed by atoms with E-state index in [1.54, 1.807) is 14.2 Å². The highest BCUT2D eigenvalue weighted by Gasteiger charge is 2.16. The van der Waals surface area contributed by atoms with Crippen LogP contribution in [0.25, 0.3) is 0 Å². The zero-order chi connectivity index (χ0) is 18.4. The van der Waals surface area contributed by atoms with Crippen molar-refractivity contribution in [2.45, 2.75) is 40.0 Å². The average Bonchev–Trinajstić information content (AvgIpc) is 2.59. The molecular weight excluding hydrogens is 382 g/mol. The number of halogens is 1. The lowest BCUT2D eigenvalue weighted by Gasteiger charge is -2.19. The Labute approximate surface area is 158 Å². The Hall–Kier alpha value is -1.72. The maximum absolute atomic E-state index is 5.88. The molecule has 0 fully saturated rings. The lowest BCUT2D eigenvalue weighted by Crippen LogP contribution is -2.15. The van der Waals surface area contributed by atoms with Crippen LogP contribution in [-0.4, -0.2) is 20.3 Å². The maximum Gasteiger partial charge on any atom is 0.131 e. The van der Waals surface area contributed by atoms with Gasteiger partial charge in [0, 0.05) is 28.7 Å². The quantitative estimate of drug-likeness (QED) is 0.678. The van der Waals surface area contributed by atoms with Gasteiger partial charge in [-0.2, -0.15) is 0 Å². The number of rotatable bonds is 8. The van der Waals surface area contributed by atoms with Crippen LogP contribution in [0.15, 0.2) is 34.8 Å². The van der Waals surface area contributed by atoms with Crippen LogP contribution in [0.3, 0.4) is 0 Å². The van der Waals surface area contributed by atoms with E-state index in [4.69, 9.17) is 14.2 Å². The number of methoxy groups -OCH3 is 2. The van der Waals surface area contributed by atoms with Crippen LogP contribution in [0.4, 0.5) is 0 Å². The molecule has 4 nitrogen and oxygen atoms in total. The molecule has 25 heavy (non-hydrogen) atoms. The van der Waals surface area contributed by atoms with E-state index in [2.05, 4.69) is 33.4 Å². The summed E-state index contributed by atoms with van der Waals surface area (Å²) in [4.78, 5) is 0. The minimum Gasteiger partial charge on any atom is -0.497 e. The predicted octanol–water partition coefficient (Wildman–Crippen LogP) is 4.85. The second-order valence-electron chi connectivity index (χ2n) is 6.11. The van der Waals surface area contributed by atoms with Crippen LogP contribution in [0.2, 0.25) is 0 Å². The lowest BCUT2D eigenvalue weighted by atomic mass is 10.1. The molecule has 0 aliphatic heterocycles. The first-order chi connectivity index (χ1) is 12.0. The molecule has 0 heterocycles. The van der Waals surface area contributed by atoms with Crippen LogP contribution in [-0.2, 0) is 13.1 Å². The predicted molar refractivity (Wildman–Crippen MR) is 105 cm³/mol. The van der Waals surface area contributed by atoms with Gasteiger partial charge in [-0.25, -0.2) is 0 Å². The van der Waals surface area contributed by atoms with Gasteiger partial charge in [-0.1, -0.05) is 28.1 Å². The third-order valence-electron chi connectivity index (χ3n) is 3.89. The van der Waals surface area contributed by atoms with Gasteiger partial charge in [0.1, 0.15) is 17.2 Å². The topological polar surface area (TPSA) is 39.7 Å². The van der Waals surface area contributed by atoms with Gasteiger partial charge in [-0.3, -0.25) is 0 Å². The van der Waals surface area contributed by atoms with Crippen molar-refractivity contribution in [2.75, 3.05) is 14.2 Å². The Morgan fingerprint density at radius 3 is 2.28 bits per heavy atom. The highest BCUT2D eigenvalue weighted by Crippen LogP contribution is 2.37. The number of hydrogen-bond acceptors (Lipinski definition) is 4. The molecule has 0 amide bonds. The molecule has 0 saturated heterocycles. The van der Waals surface area contributed by atoms with Crippen molar-refractivity contribution in [3.05, 3.63) is 51.5 Å². The molecule has 0 aromatic heterocycles. The largest absolute Gasteiger partial charge is 0.497 e. The molecule has 0 unspecified atom stereocenters. The summed E-state index contributed by atoms with van der Waals surface area (Å²) in [6.45, 7) is 7.52. The van der Waals surface area contributed by atoms with Gasteiger partial charge in [-0.15, -0.1) is 0 Å². The summed E-state index contributed by atoms with van der Waals surface area (Å²) in [5.74, 6) is 2.56. The number of hydrogen-bond donors (Lipinski definition) is 1. The maximum atomic E-state index is 5.88. The van der Waals surface area contributed by atoms with E-state index < -0.39 is 0 Å². The molecule has 0 aliphatic carbocycles. The van der Waals surface area contributed by atoms with Crippen molar-refractivity contribution in [2.24, 2.45) is 0 Å². The molecule has 2 aromatic rings. The molecule has 0 bridgehead atoms. The van der Waals surface area contributed by atoms with Crippen LogP contribution in [0, 0.1) is 6.92 Å². The molecule has 2 aromatic carbocycles. The van der Waals surface area contributed by atoms with Crippen LogP contribution >= 0.6 is 15.9 Å². The Morgan fingerprint density at radius 2 is 1.72 bits per heavy atom. The molecule has 0 radical (unpaired) electrons. The average molecular weight is 408 g/mol. The van der Waals surface area contributed by atoms with Gasteiger partial charge in [-0.05, 0) is 44.5 Å². The van der Waals surface area contributed by atoms with Gasteiger partial charge in [0.2, 0.25) is 0 Å². The van der Waals surface area contributed by atoms with Crippen molar-refractivity contribution < 1.29 is 14.2 Å². The number of benzene rings is 2. The van der Waals surface area contributed by atoms with Crippen molar-refractivity contribution >= 4 is 15.9 Å². The molecule has 1 N–H and O–H groups in total. The first kappa shape index (κ1) is 19.6. The minimum atomic E-state index is 0.120. The van der Waals surface area contributed by atoms with Gasteiger partial charge >= 0.3 is 0 Å². The van der Waals surface area contributed by atoms with Gasteiger partial charge in [0.25, 0.3) is 0 Å². The fraction of sp³-hybridized carbons (Fsp3) is 0.400. The van der Waals surface area contributed by atoms with E-state index in [0.717, 1.165) is 39.4 Å². The zero-order valence-corrected chi connectivity index (χ0v) is 17.1. The third kappa shape index (κ3) is 5.13. The summed E-state index contributed by atoms with van der Waals surface area (Å²) in [5.41, 5.74) is 3.30. The monoisotopic (exact) mass is 407 g/mol. The summed E-state index contributed by atoms with van der Waals surface area (Å²) in [7, 11) is 3.37. The van der Waals surface area contributed by atoms with Crippen LogP contribution < -0.4 is 19.5 Å². The minimum absolute atomic E-state index is 0.120. The smallest absolute Gasteiger partial charge is 0.131 e. The lowest BCUT2D eigenvalue weighted by molar-refractivity contribution is 0.239. The summed E-state index contributed by atoms with van der Waals surface area (Å²) in [5, 5.41) is 3.47. The molecule has 0 spiro atoms. The van der Waals surface area contributed by atoms with Crippen molar-refractivity contribution in [1.29, 1.82) is 0 Å². The molecule has 136 valence electrons. The molecule has 2 rings (SSSR count). The normalized spacial score (nSPS) is 10.8. The Bertz CT molecular complexity index is 699. The van der Waals surface area contributed by atoms with Crippen molar-refractivity contribution in [3.63, 3.8) is 0 Å². The fourth-order valence-electron chi connectivity index (χ4n) is 2.65. The van der Waals surface area contributed by atoms with E-state index in [1.165, 1.54) is 5.56 Å². The summed E-state index contributed by atoms with van der Waals surface area (Å²) < 4.78 is 17.7. The second kappa shape index (κ2) is 9.11. The Kier molecular flexibility index (Phi) is 7.14. The SMILES string of the molecule is COc1ccc(CNCc2c(Br)cc(OC(C)C)c(C)c2OC)cc1. The van der Waals surface area contributed by atoms with E-state index >= 15 is 0 Å². The standard InChI is InChI=1S/C20H26BrNO3/c1-13(2)25-19-10-18(21)17(20(24-5)14(19)3)12-22-11-15-6-8-16(23-4)9-7-15/h6-10,13,22H,11-12H2,1-5H3. The summed E-state index contributed by atoms with van der Waals surface area (Å²) in [6.07, 6.45) is 0.120. The van der Waals surface area contributed by atoms with E-state index in [0.29, 0.717) is 6.54 Å². The van der Waals surface area contributed by atoms with Crippen molar-refractivity contribution in [1.82, 2.24) is 5.32 Å². The van der Waals surface area contributed by atoms with Crippen molar-refractivity contribution in [3.8, 4) is 17.2 Å². The zero-order valence-electron chi connectivity index (χ0n) is 15.5. The first-order valence-corrected chi connectivity index (χ1v) is 9.11. The fourth-order valence-corrected chi connectivity index (χ4v) is 3.18. The number of nitrogens with one attached hydrogen (secondary N) is 1. The Morgan fingerprint density at radius 1 is 1.04 bits per heavy atom. The van der Waals surface area contributed by atoms with Gasteiger partial charge < -0.3 is 19.5 Å². The van der Waals surface area contributed by atoms with Crippen LogP contribution in [0.1, 0.15) is 30.5 Å². The van der Waals surface area contributed by atoms with Crippen LogP contribution in [0.5, 0.6) is 17.2 Å². The highest BCUT2D eigenvalue weighted by atomic mass is 79.9. The Balaban J connectivity index is 2.11. The first-order valence-electron chi connectivity index (χ1n) is 8.32. The highest BCUT2D eigenvalue weighted by molar-refractivity contribution is 9.10. The molecule has 5 heteroatoms. The van der Waals surface area contributed by atoms with E-state index in [-0.39, 0.29) is 6.10 Å².